The van der Waals surface area contributed by atoms with Gasteiger partial charge in [-0.05, 0) is 38.5 Å². The molecule has 2 N–H and O–H groups in total. The quantitative estimate of drug-likeness (QED) is 0.461. The zero-order valence-electron chi connectivity index (χ0n) is 13.8. The maximum Gasteiger partial charge on any atom is 0.192 e. The standard InChI is InChI=1S/C17H25N3O2/c1-6-11-19-17(18-5)20-13(4)14-9-10-15(21-7-2)16(12-14)22-8-3/h1,9-10,12-13H,7-8,11H2,2-5H3,(H2,18,19,20). The van der Waals surface area contributed by atoms with Gasteiger partial charge in [0.05, 0.1) is 25.8 Å². The second-order valence-electron chi connectivity index (χ2n) is 4.57. The average molecular weight is 303 g/mol. The van der Waals surface area contributed by atoms with E-state index in [1.165, 1.54) is 0 Å². The highest BCUT2D eigenvalue weighted by molar-refractivity contribution is 5.80. The molecule has 1 aromatic carbocycles. The number of rotatable bonds is 7. The molecule has 0 amide bonds. The van der Waals surface area contributed by atoms with Crippen LogP contribution >= 0.6 is 0 Å². The van der Waals surface area contributed by atoms with Gasteiger partial charge in [-0.2, -0.15) is 0 Å². The summed E-state index contributed by atoms with van der Waals surface area (Å²) in [5.41, 5.74) is 1.08. The molecular formula is C17H25N3O2. The van der Waals surface area contributed by atoms with Gasteiger partial charge in [-0.15, -0.1) is 6.42 Å². The van der Waals surface area contributed by atoms with Crippen LogP contribution in [0.3, 0.4) is 0 Å². The molecule has 0 saturated carbocycles. The van der Waals surface area contributed by atoms with E-state index in [-0.39, 0.29) is 6.04 Å². The summed E-state index contributed by atoms with van der Waals surface area (Å²) in [4.78, 5) is 4.14. The predicted octanol–water partition coefficient (Wildman–Crippen LogP) is 2.34. The third-order valence-corrected chi connectivity index (χ3v) is 3.00. The van der Waals surface area contributed by atoms with E-state index < -0.39 is 0 Å². The summed E-state index contributed by atoms with van der Waals surface area (Å²) < 4.78 is 11.2. The second kappa shape index (κ2) is 9.56. The van der Waals surface area contributed by atoms with Crippen molar-refractivity contribution in [1.82, 2.24) is 10.6 Å². The number of guanidine groups is 1. The lowest BCUT2D eigenvalue weighted by molar-refractivity contribution is 0.287. The first-order valence-electron chi connectivity index (χ1n) is 7.46. The first kappa shape index (κ1) is 17.7. The van der Waals surface area contributed by atoms with Gasteiger partial charge in [0.25, 0.3) is 0 Å². The predicted molar refractivity (Wildman–Crippen MR) is 90.5 cm³/mol. The number of nitrogens with zero attached hydrogens (tertiary/aromatic N) is 1. The van der Waals surface area contributed by atoms with Gasteiger partial charge in [0.2, 0.25) is 0 Å². The molecule has 1 rings (SSSR count). The monoisotopic (exact) mass is 303 g/mol. The van der Waals surface area contributed by atoms with Crippen LogP contribution in [-0.2, 0) is 0 Å². The molecule has 120 valence electrons. The molecule has 0 radical (unpaired) electrons. The van der Waals surface area contributed by atoms with E-state index in [0.29, 0.717) is 25.7 Å². The normalized spacial score (nSPS) is 12.2. The molecular weight excluding hydrogens is 278 g/mol. The van der Waals surface area contributed by atoms with Crippen LogP contribution in [0.2, 0.25) is 0 Å². The molecule has 1 unspecified atom stereocenters. The molecule has 0 fully saturated rings. The number of ether oxygens (including phenoxy) is 2. The van der Waals surface area contributed by atoms with Crippen molar-refractivity contribution >= 4 is 5.96 Å². The number of hydrogen-bond donors (Lipinski definition) is 2. The van der Waals surface area contributed by atoms with Crippen molar-refractivity contribution in [2.45, 2.75) is 26.8 Å². The summed E-state index contributed by atoms with van der Waals surface area (Å²) in [5.74, 6) is 4.70. The fourth-order valence-corrected chi connectivity index (χ4v) is 1.95. The molecule has 0 aliphatic heterocycles. The fraction of sp³-hybridized carbons (Fsp3) is 0.471. The Bertz CT molecular complexity index is 535. The molecule has 5 heteroatoms. The summed E-state index contributed by atoms with van der Waals surface area (Å²) in [6.45, 7) is 7.59. The number of nitrogens with one attached hydrogen (secondary N) is 2. The summed E-state index contributed by atoms with van der Waals surface area (Å²) in [7, 11) is 1.71. The van der Waals surface area contributed by atoms with Crippen molar-refractivity contribution in [3.63, 3.8) is 0 Å². The van der Waals surface area contributed by atoms with Crippen LogP contribution in [0.5, 0.6) is 11.5 Å². The van der Waals surface area contributed by atoms with Crippen LogP contribution in [0.1, 0.15) is 32.4 Å². The lowest BCUT2D eigenvalue weighted by atomic mass is 10.1. The summed E-state index contributed by atoms with van der Waals surface area (Å²) in [6, 6.07) is 5.98. The Labute approximate surface area is 133 Å². The number of benzene rings is 1. The SMILES string of the molecule is C#CCNC(=NC)NC(C)c1ccc(OCC)c(OCC)c1. The summed E-state index contributed by atoms with van der Waals surface area (Å²) >= 11 is 0. The van der Waals surface area contributed by atoms with Crippen molar-refractivity contribution < 1.29 is 9.47 Å². The van der Waals surface area contributed by atoms with Crippen molar-refractivity contribution in [3.05, 3.63) is 23.8 Å². The van der Waals surface area contributed by atoms with Crippen molar-refractivity contribution in [2.75, 3.05) is 26.8 Å². The highest BCUT2D eigenvalue weighted by Gasteiger charge is 2.12. The smallest absolute Gasteiger partial charge is 0.192 e. The summed E-state index contributed by atoms with van der Waals surface area (Å²) in [5, 5.41) is 6.32. The first-order chi connectivity index (χ1) is 10.7. The lowest BCUT2D eigenvalue weighted by Gasteiger charge is -2.19. The Balaban J connectivity index is 2.86. The molecule has 5 nitrogen and oxygen atoms in total. The zero-order valence-corrected chi connectivity index (χ0v) is 13.8. The number of aliphatic imine (C=N–C) groups is 1. The second-order valence-corrected chi connectivity index (χ2v) is 4.57. The molecule has 1 atom stereocenters. The number of terminal acetylenes is 1. The van der Waals surface area contributed by atoms with E-state index in [1.54, 1.807) is 7.05 Å². The lowest BCUT2D eigenvalue weighted by Crippen LogP contribution is -2.38. The topological polar surface area (TPSA) is 54.9 Å². The highest BCUT2D eigenvalue weighted by atomic mass is 16.5. The minimum atomic E-state index is 0.0545. The first-order valence-corrected chi connectivity index (χ1v) is 7.46. The zero-order chi connectivity index (χ0) is 16.4. The van der Waals surface area contributed by atoms with Crippen LogP contribution in [0, 0.1) is 12.3 Å². The van der Waals surface area contributed by atoms with Gasteiger partial charge in [0, 0.05) is 7.05 Å². The Morgan fingerprint density at radius 2 is 1.95 bits per heavy atom. The third-order valence-electron chi connectivity index (χ3n) is 3.00. The molecule has 0 bridgehead atoms. The van der Waals surface area contributed by atoms with Crippen molar-refractivity contribution in [2.24, 2.45) is 4.99 Å². The molecule has 0 saturated heterocycles. The third kappa shape index (κ3) is 5.21. The maximum absolute atomic E-state index is 5.65. The summed E-state index contributed by atoms with van der Waals surface area (Å²) in [6.07, 6.45) is 5.25. The van der Waals surface area contributed by atoms with Crippen molar-refractivity contribution in [3.8, 4) is 23.8 Å². The van der Waals surface area contributed by atoms with Crippen LogP contribution < -0.4 is 20.1 Å². The van der Waals surface area contributed by atoms with Gasteiger partial charge in [-0.25, -0.2) is 0 Å². The van der Waals surface area contributed by atoms with E-state index in [4.69, 9.17) is 15.9 Å². The molecule has 0 aromatic heterocycles. The molecule has 0 spiro atoms. The minimum absolute atomic E-state index is 0.0545. The highest BCUT2D eigenvalue weighted by Crippen LogP contribution is 2.30. The van der Waals surface area contributed by atoms with Crippen molar-refractivity contribution in [1.29, 1.82) is 0 Å². The Morgan fingerprint density at radius 3 is 2.55 bits per heavy atom. The fourth-order valence-electron chi connectivity index (χ4n) is 1.95. The van der Waals surface area contributed by atoms with E-state index >= 15 is 0 Å². The Morgan fingerprint density at radius 1 is 1.27 bits per heavy atom. The average Bonchev–Trinajstić information content (AvgIpc) is 2.53. The van der Waals surface area contributed by atoms with Crippen LogP contribution in [0.4, 0.5) is 0 Å². The van der Waals surface area contributed by atoms with Crippen LogP contribution in [0.15, 0.2) is 23.2 Å². The van der Waals surface area contributed by atoms with Gasteiger partial charge < -0.3 is 20.1 Å². The van der Waals surface area contributed by atoms with Crippen LogP contribution in [-0.4, -0.2) is 32.8 Å². The van der Waals surface area contributed by atoms with Gasteiger partial charge >= 0.3 is 0 Å². The largest absolute Gasteiger partial charge is 0.490 e. The van der Waals surface area contributed by atoms with Gasteiger partial charge in [-0.3, -0.25) is 4.99 Å². The molecule has 1 aromatic rings. The van der Waals surface area contributed by atoms with E-state index in [9.17, 15) is 0 Å². The van der Waals surface area contributed by atoms with Crippen LogP contribution in [0.25, 0.3) is 0 Å². The minimum Gasteiger partial charge on any atom is -0.490 e. The van der Waals surface area contributed by atoms with E-state index in [1.807, 2.05) is 39.0 Å². The number of hydrogen-bond acceptors (Lipinski definition) is 3. The Hall–Kier alpha value is -2.35. The molecule has 0 aliphatic rings. The van der Waals surface area contributed by atoms with Gasteiger partial charge in [0.15, 0.2) is 17.5 Å². The Kier molecular flexibility index (Phi) is 7.69. The molecule has 0 heterocycles. The molecule has 0 aliphatic carbocycles. The van der Waals surface area contributed by atoms with E-state index in [2.05, 4.69) is 21.5 Å². The van der Waals surface area contributed by atoms with Gasteiger partial charge in [-0.1, -0.05) is 12.0 Å². The van der Waals surface area contributed by atoms with E-state index in [0.717, 1.165) is 17.1 Å². The van der Waals surface area contributed by atoms with Gasteiger partial charge in [0.1, 0.15) is 0 Å². The maximum atomic E-state index is 5.65. The molecule has 22 heavy (non-hydrogen) atoms.